The number of hydrogen-bond donors (Lipinski definition) is 3. The molecule has 0 amide bonds. The number of hydrogen-bond acceptors (Lipinski definition) is 4. The van der Waals surface area contributed by atoms with E-state index in [-0.39, 0.29) is 5.03 Å². The second-order valence-corrected chi connectivity index (χ2v) is 4.57. The first-order valence-electron chi connectivity index (χ1n) is 3.97. The molecule has 1 atom stereocenters. The van der Waals surface area contributed by atoms with Gasteiger partial charge in [-0.3, -0.25) is 5.10 Å². The van der Waals surface area contributed by atoms with Gasteiger partial charge in [0.15, 0.2) is 11.1 Å². The molecule has 6 nitrogen and oxygen atoms in total. The van der Waals surface area contributed by atoms with Crippen molar-refractivity contribution in [3.63, 3.8) is 0 Å². The van der Waals surface area contributed by atoms with Crippen LogP contribution in [0, 0.1) is 0 Å². The van der Waals surface area contributed by atoms with Crippen LogP contribution in [0.3, 0.4) is 0 Å². The van der Waals surface area contributed by atoms with Crippen LogP contribution < -0.4 is 4.72 Å². The molecule has 0 saturated heterocycles. The standard InChI is InChI=1S/C6H8F3N3O3S/c7-6(8,9)4(13)3-11-16(14,15)5-1-2-10-12-5/h1-2,4,11,13H,3H2,(H,10,12). The number of alkyl halides is 3. The molecule has 3 N–H and O–H groups in total. The lowest BCUT2D eigenvalue weighted by Gasteiger charge is -2.14. The maximum absolute atomic E-state index is 11.9. The maximum atomic E-state index is 11.9. The summed E-state index contributed by atoms with van der Waals surface area (Å²) in [6.45, 7) is -1.15. The number of H-pyrrole nitrogens is 1. The van der Waals surface area contributed by atoms with Crippen LogP contribution in [0.15, 0.2) is 17.3 Å². The minimum Gasteiger partial charge on any atom is -0.382 e. The summed E-state index contributed by atoms with van der Waals surface area (Å²) in [4.78, 5) is 0. The number of aliphatic hydroxyl groups excluding tert-OH is 1. The van der Waals surface area contributed by atoms with Gasteiger partial charge in [0.2, 0.25) is 0 Å². The van der Waals surface area contributed by atoms with Gasteiger partial charge in [0.05, 0.1) is 6.20 Å². The molecule has 1 heterocycles. The van der Waals surface area contributed by atoms with Crippen LogP contribution in [0.2, 0.25) is 0 Å². The number of nitrogens with zero attached hydrogens (tertiary/aromatic N) is 1. The Morgan fingerprint density at radius 3 is 2.62 bits per heavy atom. The molecule has 16 heavy (non-hydrogen) atoms. The average Bonchev–Trinajstić information content (AvgIpc) is 2.65. The van der Waals surface area contributed by atoms with Crippen molar-refractivity contribution in [2.75, 3.05) is 6.54 Å². The molecule has 0 spiro atoms. The van der Waals surface area contributed by atoms with E-state index in [9.17, 15) is 21.6 Å². The van der Waals surface area contributed by atoms with Gasteiger partial charge >= 0.3 is 6.18 Å². The Bertz CT molecular complexity index is 428. The molecule has 1 aromatic rings. The van der Waals surface area contributed by atoms with E-state index >= 15 is 0 Å². The lowest BCUT2D eigenvalue weighted by molar-refractivity contribution is -0.200. The van der Waals surface area contributed by atoms with E-state index in [2.05, 4.69) is 10.2 Å². The van der Waals surface area contributed by atoms with Crippen molar-refractivity contribution < 1.29 is 26.7 Å². The first-order chi connectivity index (χ1) is 7.23. The van der Waals surface area contributed by atoms with E-state index in [1.165, 1.54) is 0 Å². The van der Waals surface area contributed by atoms with Crippen LogP contribution in [0.1, 0.15) is 0 Å². The monoisotopic (exact) mass is 259 g/mol. The van der Waals surface area contributed by atoms with Gasteiger partial charge in [0.1, 0.15) is 0 Å². The van der Waals surface area contributed by atoms with Gasteiger partial charge in [-0.15, -0.1) is 0 Å². The van der Waals surface area contributed by atoms with Gasteiger partial charge in [0, 0.05) is 6.54 Å². The van der Waals surface area contributed by atoms with E-state index in [1.54, 1.807) is 4.72 Å². The minimum atomic E-state index is -4.86. The summed E-state index contributed by atoms with van der Waals surface area (Å²) < 4.78 is 59.7. The number of halogens is 3. The van der Waals surface area contributed by atoms with E-state index in [0.29, 0.717) is 0 Å². The third-order valence-corrected chi connectivity index (χ3v) is 2.96. The second-order valence-electron chi connectivity index (χ2n) is 2.83. The molecule has 0 bridgehead atoms. The number of aromatic amines is 1. The van der Waals surface area contributed by atoms with Gasteiger partial charge in [-0.2, -0.15) is 18.3 Å². The lowest BCUT2D eigenvalue weighted by Crippen LogP contribution is -2.40. The third kappa shape index (κ3) is 3.18. The van der Waals surface area contributed by atoms with Gasteiger partial charge in [-0.05, 0) is 6.07 Å². The van der Waals surface area contributed by atoms with E-state index < -0.39 is 28.8 Å². The summed E-state index contributed by atoms with van der Waals surface area (Å²) >= 11 is 0. The molecule has 0 fully saturated rings. The zero-order valence-corrected chi connectivity index (χ0v) is 8.51. The highest BCUT2D eigenvalue weighted by Gasteiger charge is 2.38. The Kier molecular flexibility index (Phi) is 3.55. The SMILES string of the molecule is O=S(=O)(NCC(O)C(F)(F)F)c1ccn[nH]1. The number of nitrogens with one attached hydrogen (secondary N) is 2. The number of aliphatic hydroxyl groups is 1. The van der Waals surface area contributed by atoms with Crippen LogP contribution in [0.4, 0.5) is 13.2 Å². The smallest absolute Gasteiger partial charge is 0.382 e. The number of rotatable bonds is 4. The third-order valence-electron chi connectivity index (χ3n) is 1.61. The lowest BCUT2D eigenvalue weighted by atomic mass is 10.4. The topological polar surface area (TPSA) is 95.1 Å². The molecule has 1 aromatic heterocycles. The van der Waals surface area contributed by atoms with Gasteiger partial charge in [-0.25, -0.2) is 13.1 Å². The summed E-state index contributed by atoms with van der Waals surface area (Å²) in [6.07, 6.45) is -6.48. The normalized spacial score (nSPS) is 15.0. The predicted octanol–water partition coefficient (Wildman–Crippen LogP) is -0.389. The summed E-state index contributed by atoms with van der Waals surface area (Å²) in [5, 5.41) is 13.6. The van der Waals surface area contributed by atoms with Crippen molar-refractivity contribution in [1.82, 2.24) is 14.9 Å². The van der Waals surface area contributed by atoms with Crippen LogP contribution in [0.25, 0.3) is 0 Å². The van der Waals surface area contributed by atoms with Crippen molar-refractivity contribution in [2.45, 2.75) is 17.3 Å². The zero-order valence-electron chi connectivity index (χ0n) is 7.69. The summed E-state index contributed by atoms with van der Waals surface area (Å²) in [6, 6.07) is 1.07. The van der Waals surface area contributed by atoms with Crippen LogP contribution in [-0.4, -0.2) is 42.5 Å². The van der Waals surface area contributed by atoms with Crippen molar-refractivity contribution in [1.29, 1.82) is 0 Å². The summed E-state index contributed by atoms with van der Waals surface area (Å²) in [5.41, 5.74) is 0. The molecule has 0 aliphatic heterocycles. The fraction of sp³-hybridized carbons (Fsp3) is 0.500. The Morgan fingerprint density at radius 2 is 2.19 bits per heavy atom. The van der Waals surface area contributed by atoms with Crippen molar-refractivity contribution in [2.24, 2.45) is 0 Å². The quantitative estimate of drug-likeness (QED) is 0.686. The molecule has 0 radical (unpaired) electrons. The molecule has 0 aliphatic rings. The Balaban J connectivity index is 2.63. The van der Waals surface area contributed by atoms with Crippen molar-refractivity contribution in [3.05, 3.63) is 12.3 Å². The molecule has 10 heteroatoms. The second kappa shape index (κ2) is 4.39. The van der Waals surface area contributed by atoms with Crippen LogP contribution in [0.5, 0.6) is 0 Å². The number of sulfonamides is 1. The fourth-order valence-corrected chi connectivity index (χ4v) is 1.72. The summed E-state index contributed by atoms with van der Waals surface area (Å²) in [5.74, 6) is 0. The molecule has 0 aliphatic carbocycles. The predicted molar refractivity (Wildman–Crippen MR) is 45.8 cm³/mol. The largest absolute Gasteiger partial charge is 0.415 e. The number of aromatic nitrogens is 2. The summed E-state index contributed by atoms with van der Waals surface area (Å²) in [7, 11) is -4.10. The Labute approximate surface area is 88.5 Å². The molecule has 0 saturated carbocycles. The van der Waals surface area contributed by atoms with E-state index in [1.807, 2.05) is 0 Å². The molecular weight excluding hydrogens is 251 g/mol. The Hall–Kier alpha value is -1.13. The molecule has 1 unspecified atom stereocenters. The van der Waals surface area contributed by atoms with E-state index in [4.69, 9.17) is 5.11 Å². The first kappa shape index (κ1) is 12.9. The molecule has 1 rings (SSSR count). The molecule has 0 aromatic carbocycles. The van der Waals surface area contributed by atoms with Gasteiger partial charge < -0.3 is 5.11 Å². The fourth-order valence-electron chi connectivity index (χ4n) is 0.775. The maximum Gasteiger partial charge on any atom is 0.415 e. The van der Waals surface area contributed by atoms with Crippen LogP contribution in [-0.2, 0) is 10.0 Å². The Morgan fingerprint density at radius 1 is 1.56 bits per heavy atom. The highest BCUT2D eigenvalue weighted by atomic mass is 32.2. The first-order valence-corrected chi connectivity index (χ1v) is 5.45. The highest BCUT2D eigenvalue weighted by molar-refractivity contribution is 7.89. The van der Waals surface area contributed by atoms with Crippen molar-refractivity contribution >= 4 is 10.0 Å². The molecule has 92 valence electrons. The highest BCUT2D eigenvalue weighted by Crippen LogP contribution is 2.19. The minimum absolute atomic E-state index is 0.373. The van der Waals surface area contributed by atoms with Crippen molar-refractivity contribution in [3.8, 4) is 0 Å². The van der Waals surface area contributed by atoms with E-state index in [0.717, 1.165) is 12.3 Å². The zero-order chi connectivity index (χ0) is 12.4. The average molecular weight is 259 g/mol. The van der Waals surface area contributed by atoms with Gasteiger partial charge in [0.25, 0.3) is 10.0 Å². The van der Waals surface area contributed by atoms with Gasteiger partial charge in [-0.1, -0.05) is 0 Å². The molecular formula is C6H8F3N3O3S. The van der Waals surface area contributed by atoms with Crippen LogP contribution >= 0.6 is 0 Å².